The molecule has 13 heavy (non-hydrogen) atoms. The molecule has 0 aromatic rings. The monoisotopic (exact) mass is 190 g/mol. The van der Waals surface area contributed by atoms with E-state index in [1.54, 1.807) is 0 Å². The van der Waals surface area contributed by atoms with Gasteiger partial charge in [0.1, 0.15) is 0 Å². The average Bonchev–Trinajstić information content (AvgIpc) is 2.11. The number of nitrogens with zero attached hydrogens (tertiary/aromatic N) is 1. The van der Waals surface area contributed by atoms with E-state index in [0.29, 0.717) is 12.1 Å². The molecule has 0 saturated carbocycles. The highest BCUT2D eigenvalue weighted by molar-refractivity contribution is 4.64. The molecule has 0 atom stereocenters. The van der Waals surface area contributed by atoms with E-state index >= 15 is 0 Å². The van der Waals surface area contributed by atoms with Crippen LogP contribution in [0, 0.1) is 0 Å². The lowest BCUT2D eigenvalue weighted by atomic mass is 10.2. The van der Waals surface area contributed by atoms with Gasteiger partial charge in [-0.2, -0.15) is 0 Å². The third kappa shape index (κ3) is 11.9. The van der Waals surface area contributed by atoms with E-state index in [1.165, 1.54) is 7.05 Å². The first kappa shape index (κ1) is 18.7. The Kier molecular flexibility index (Phi) is 20.7. The van der Waals surface area contributed by atoms with E-state index in [0.717, 1.165) is 6.54 Å². The van der Waals surface area contributed by atoms with E-state index in [-0.39, 0.29) is 0 Å². The smallest absolute Gasteiger partial charge is 0.00411 e. The van der Waals surface area contributed by atoms with Crippen LogP contribution in [0.25, 0.3) is 0 Å². The Bertz CT molecular complexity index is 62.5. The standard InChI is InChI=1S/C8H19N.C2H6.CH5N/c1-6-9(7(2)3)8(4)5;2*1-2/h7-8H,6H2,1-5H3;1-2H3;2H2,1H3. The molecule has 2 heteroatoms. The van der Waals surface area contributed by atoms with Crippen molar-refractivity contribution in [2.75, 3.05) is 13.6 Å². The number of hydrogen-bond donors (Lipinski definition) is 1. The molecular formula is C11H30N2. The van der Waals surface area contributed by atoms with Crippen LogP contribution < -0.4 is 5.73 Å². The van der Waals surface area contributed by atoms with Crippen molar-refractivity contribution in [2.45, 2.75) is 60.5 Å². The van der Waals surface area contributed by atoms with E-state index in [1.807, 2.05) is 13.8 Å². The summed E-state index contributed by atoms with van der Waals surface area (Å²) in [6, 6.07) is 1.38. The molecule has 0 aliphatic rings. The van der Waals surface area contributed by atoms with Crippen LogP contribution in [-0.4, -0.2) is 30.6 Å². The van der Waals surface area contributed by atoms with Gasteiger partial charge >= 0.3 is 0 Å². The number of hydrogen-bond acceptors (Lipinski definition) is 2. The minimum absolute atomic E-state index is 0.690. The summed E-state index contributed by atoms with van der Waals surface area (Å²) in [5.74, 6) is 0. The summed E-state index contributed by atoms with van der Waals surface area (Å²) in [7, 11) is 1.50. The molecule has 0 heterocycles. The zero-order valence-corrected chi connectivity index (χ0v) is 10.9. The van der Waals surface area contributed by atoms with Crippen molar-refractivity contribution in [3.8, 4) is 0 Å². The molecular weight excluding hydrogens is 160 g/mol. The number of rotatable bonds is 3. The summed E-state index contributed by atoms with van der Waals surface area (Å²) in [5, 5.41) is 0. The molecule has 0 radical (unpaired) electrons. The van der Waals surface area contributed by atoms with E-state index in [2.05, 4.69) is 45.3 Å². The SMILES string of the molecule is CC.CCN(C(C)C)C(C)C.CN. The third-order valence-corrected chi connectivity index (χ3v) is 1.69. The van der Waals surface area contributed by atoms with Crippen LogP contribution in [-0.2, 0) is 0 Å². The van der Waals surface area contributed by atoms with Crippen molar-refractivity contribution in [1.29, 1.82) is 0 Å². The fraction of sp³-hybridized carbons (Fsp3) is 1.00. The van der Waals surface area contributed by atoms with Gasteiger partial charge in [-0.3, -0.25) is 4.90 Å². The quantitative estimate of drug-likeness (QED) is 0.741. The molecule has 0 aromatic heterocycles. The molecule has 0 saturated heterocycles. The van der Waals surface area contributed by atoms with Crippen LogP contribution in [0.5, 0.6) is 0 Å². The van der Waals surface area contributed by atoms with Crippen LogP contribution in [0.4, 0.5) is 0 Å². The average molecular weight is 190 g/mol. The van der Waals surface area contributed by atoms with E-state index < -0.39 is 0 Å². The molecule has 0 bridgehead atoms. The van der Waals surface area contributed by atoms with Gasteiger partial charge in [-0.15, -0.1) is 0 Å². The van der Waals surface area contributed by atoms with Crippen LogP contribution in [0.2, 0.25) is 0 Å². The molecule has 2 nitrogen and oxygen atoms in total. The van der Waals surface area contributed by atoms with Crippen molar-refractivity contribution >= 4 is 0 Å². The van der Waals surface area contributed by atoms with Gasteiger partial charge in [0, 0.05) is 12.1 Å². The van der Waals surface area contributed by atoms with Crippen molar-refractivity contribution < 1.29 is 0 Å². The highest BCUT2D eigenvalue weighted by Crippen LogP contribution is 2.02. The molecule has 84 valence electrons. The molecule has 2 N–H and O–H groups in total. The van der Waals surface area contributed by atoms with Crippen molar-refractivity contribution in [3.05, 3.63) is 0 Å². The van der Waals surface area contributed by atoms with Crippen LogP contribution >= 0.6 is 0 Å². The predicted octanol–water partition coefficient (Wildman–Crippen LogP) is 2.73. The Morgan fingerprint density at radius 1 is 0.923 bits per heavy atom. The van der Waals surface area contributed by atoms with Crippen LogP contribution in [0.15, 0.2) is 0 Å². The molecule has 0 spiro atoms. The van der Waals surface area contributed by atoms with Gasteiger partial charge in [0.25, 0.3) is 0 Å². The first-order valence-corrected chi connectivity index (χ1v) is 5.43. The van der Waals surface area contributed by atoms with Crippen LogP contribution in [0.3, 0.4) is 0 Å². The van der Waals surface area contributed by atoms with Gasteiger partial charge in [-0.25, -0.2) is 0 Å². The lowest BCUT2D eigenvalue weighted by Crippen LogP contribution is -2.36. The summed E-state index contributed by atoms with van der Waals surface area (Å²) in [6.07, 6.45) is 0. The maximum Gasteiger partial charge on any atom is 0.00411 e. The maximum atomic E-state index is 4.50. The fourth-order valence-corrected chi connectivity index (χ4v) is 1.33. The summed E-state index contributed by atoms with van der Waals surface area (Å²) in [6.45, 7) is 16.3. The Balaban J connectivity index is -0.000000218. The summed E-state index contributed by atoms with van der Waals surface area (Å²) < 4.78 is 0. The normalized spacial score (nSPS) is 9.23. The summed E-state index contributed by atoms with van der Waals surface area (Å²) in [5.41, 5.74) is 4.50. The minimum Gasteiger partial charge on any atom is -0.333 e. The second kappa shape index (κ2) is 14.4. The second-order valence-electron chi connectivity index (χ2n) is 3.02. The molecule has 0 aliphatic carbocycles. The first-order valence-electron chi connectivity index (χ1n) is 5.43. The molecule has 0 amide bonds. The zero-order chi connectivity index (χ0) is 11.4. The Labute approximate surface area is 85.5 Å². The zero-order valence-electron chi connectivity index (χ0n) is 10.9. The highest BCUT2D eigenvalue weighted by atomic mass is 15.2. The third-order valence-electron chi connectivity index (χ3n) is 1.69. The maximum absolute atomic E-state index is 4.50. The van der Waals surface area contributed by atoms with Gasteiger partial charge in [-0.05, 0) is 41.3 Å². The number of nitrogens with two attached hydrogens (primary N) is 1. The molecule has 0 aromatic carbocycles. The molecule has 0 rings (SSSR count). The highest BCUT2D eigenvalue weighted by Gasteiger charge is 2.08. The van der Waals surface area contributed by atoms with Crippen molar-refractivity contribution in [3.63, 3.8) is 0 Å². The lowest BCUT2D eigenvalue weighted by molar-refractivity contribution is 0.185. The van der Waals surface area contributed by atoms with Crippen LogP contribution in [0.1, 0.15) is 48.5 Å². The Hall–Kier alpha value is -0.0800. The molecule has 0 unspecified atom stereocenters. The van der Waals surface area contributed by atoms with Crippen molar-refractivity contribution in [1.82, 2.24) is 4.90 Å². The van der Waals surface area contributed by atoms with E-state index in [9.17, 15) is 0 Å². The Morgan fingerprint density at radius 2 is 1.15 bits per heavy atom. The van der Waals surface area contributed by atoms with Gasteiger partial charge in [0.2, 0.25) is 0 Å². The van der Waals surface area contributed by atoms with Gasteiger partial charge in [-0.1, -0.05) is 20.8 Å². The largest absolute Gasteiger partial charge is 0.333 e. The lowest BCUT2D eigenvalue weighted by Gasteiger charge is -2.28. The summed E-state index contributed by atoms with van der Waals surface area (Å²) >= 11 is 0. The predicted molar refractivity (Wildman–Crippen MR) is 64.1 cm³/mol. The second-order valence-corrected chi connectivity index (χ2v) is 3.02. The molecule has 0 fully saturated rings. The molecule has 0 aliphatic heterocycles. The minimum atomic E-state index is 0.690. The summed E-state index contributed by atoms with van der Waals surface area (Å²) in [4.78, 5) is 2.46. The Morgan fingerprint density at radius 3 is 1.15 bits per heavy atom. The van der Waals surface area contributed by atoms with Gasteiger partial charge < -0.3 is 5.73 Å². The topological polar surface area (TPSA) is 29.3 Å². The van der Waals surface area contributed by atoms with Gasteiger partial charge in [0.15, 0.2) is 0 Å². The fourth-order valence-electron chi connectivity index (χ4n) is 1.33. The van der Waals surface area contributed by atoms with E-state index in [4.69, 9.17) is 0 Å². The van der Waals surface area contributed by atoms with Gasteiger partial charge in [0.05, 0.1) is 0 Å². The first-order chi connectivity index (χ1) is 6.09. The van der Waals surface area contributed by atoms with Crippen molar-refractivity contribution in [2.24, 2.45) is 5.73 Å².